The fourth-order valence-corrected chi connectivity index (χ4v) is 5.65. The maximum Gasteiger partial charge on any atom is 0.141 e. The van der Waals surface area contributed by atoms with Crippen LogP contribution in [0, 0.1) is 11.8 Å². The van der Waals surface area contributed by atoms with Crippen molar-refractivity contribution in [1.29, 1.82) is 0 Å². The predicted molar refractivity (Wildman–Crippen MR) is 106 cm³/mol. The summed E-state index contributed by atoms with van der Waals surface area (Å²) >= 11 is 6.40. The van der Waals surface area contributed by atoms with E-state index in [1.807, 2.05) is 12.3 Å². The standard InChI is InChI=1S/C21H25ClN4O/c22-16-7-13(20-12(19(16)23)5-2-6-27-20)21-24-8-17(25-21)18-14-9-26(10-15(14)18)11-3-1-4-11/h7-8,11,14-15,18H,1-6,9-10,23H2,(H,24,25). The van der Waals surface area contributed by atoms with Crippen LogP contribution >= 0.6 is 11.6 Å². The zero-order valence-corrected chi connectivity index (χ0v) is 16.1. The quantitative estimate of drug-likeness (QED) is 0.789. The van der Waals surface area contributed by atoms with E-state index < -0.39 is 0 Å². The number of halogens is 1. The van der Waals surface area contributed by atoms with Gasteiger partial charge in [-0.1, -0.05) is 18.0 Å². The fourth-order valence-electron chi connectivity index (χ4n) is 5.42. The lowest BCUT2D eigenvalue weighted by Gasteiger charge is -2.36. The van der Waals surface area contributed by atoms with E-state index in [0.717, 1.165) is 60.0 Å². The van der Waals surface area contributed by atoms with Crippen molar-refractivity contribution in [3.63, 3.8) is 0 Å². The highest BCUT2D eigenvalue weighted by Crippen LogP contribution is 2.59. The molecular weight excluding hydrogens is 360 g/mol. The molecule has 3 heterocycles. The molecule has 3 N–H and O–H groups in total. The highest BCUT2D eigenvalue weighted by molar-refractivity contribution is 6.33. The second-order valence-electron chi connectivity index (χ2n) is 8.66. The van der Waals surface area contributed by atoms with Gasteiger partial charge in [-0.3, -0.25) is 4.90 Å². The number of rotatable bonds is 3. The molecule has 4 aliphatic rings. The Bertz CT molecular complexity index is 894. The number of benzene rings is 1. The van der Waals surface area contributed by atoms with Crippen molar-refractivity contribution in [2.75, 3.05) is 25.4 Å². The topological polar surface area (TPSA) is 67.2 Å². The molecule has 0 amide bonds. The number of aromatic nitrogens is 2. The van der Waals surface area contributed by atoms with Gasteiger partial charge in [0, 0.05) is 42.5 Å². The molecule has 1 saturated heterocycles. The van der Waals surface area contributed by atoms with Crippen molar-refractivity contribution in [2.24, 2.45) is 11.8 Å². The molecule has 2 unspecified atom stereocenters. The number of imidazole rings is 1. The van der Waals surface area contributed by atoms with Crippen molar-refractivity contribution >= 4 is 17.3 Å². The van der Waals surface area contributed by atoms with E-state index >= 15 is 0 Å². The molecule has 2 aliphatic heterocycles. The molecule has 5 nitrogen and oxygen atoms in total. The Morgan fingerprint density at radius 1 is 1.22 bits per heavy atom. The Balaban J connectivity index is 1.26. The van der Waals surface area contributed by atoms with E-state index in [9.17, 15) is 0 Å². The number of aromatic amines is 1. The Morgan fingerprint density at radius 2 is 2.04 bits per heavy atom. The molecular formula is C21H25ClN4O. The summed E-state index contributed by atoms with van der Waals surface area (Å²) in [4.78, 5) is 11.0. The molecule has 3 fully saturated rings. The molecule has 1 aromatic heterocycles. The number of ether oxygens (including phenoxy) is 1. The second kappa shape index (κ2) is 5.89. The van der Waals surface area contributed by atoms with E-state index in [0.29, 0.717) is 16.6 Å². The highest BCUT2D eigenvalue weighted by Gasteiger charge is 2.58. The number of likely N-dealkylation sites (tertiary alicyclic amines) is 1. The van der Waals surface area contributed by atoms with Gasteiger partial charge in [0.25, 0.3) is 0 Å². The van der Waals surface area contributed by atoms with Gasteiger partial charge in [0.15, 0.2) is 0 Å². The number of nitrogens with zero attached hydrogens (tertiary/aromatic N) is 2. The first-order chi connectivity index (χ1) is 13.2. The lowest BCUT2D eigenvalue weighted by molar-refractivity contribution is 0.140. The van der Waals surface area contributed by atoms with Gasteiger partial charge < -0.3 is 15.5 Å². The van der Waals surface area contributed by atoms with Crippen LogP contribution in [0.25, 0.3) is 11.4 Å². The van der Waals surface area contributed by atoms with Crippen LogP contribution in [0.5, 0.6) is 5.75 Å². The Morgan fingerprint density at radius 3 is 2.78 bits per heavy atom. The minimum Gasteiger partial charge on any atom is -0.492 e. The molecule has 27 heavy (non-hydrogen) atoms. The van der Waals surface area contributed by atoms with Gasteiger partial charge in [0.2, 0.25) is 0 Å². The van der Waals surface area contributed by atoms with E-state index in [2.05, 4.69) is 14.9 Å². The molecule has 6 rings (SSSR count). The summed E-state index contributed by atoms with van der Waals surface area (Å²) in [5, 5.41) is 0.589. The van der Waals surface area contributed by atoms with Gasteiger partial charge >= 0.3 is 0 Å². The summed E-state index contributed by atoms with van der Waals surface area (Å²) in [5.41, 5.74) is 10.1. The van der Waals surface area contributed by atoms with E-state index in [-0.39, 0.29) is 0 Å². The van der Waals surface area contributed by atoms with Crippen molar-refractivity contribution in [3.05, 3.63) is 28.5 Å². The number of anilines is 1. The van der Waals surface area contributed by atoms with Crippen LogP contribution in [-0.4, -0.2) is 40.6 Å². The summed E-state index contributed by atoms with van der Waals surface area (Å²) in [6.45, 7) is 3.25. The van der Waals surface area contributed by atoms with Gasteiger partial charge in [-0.2, -0.15) is 0 Å². The monoisotopic (exact) mass is 384 g/mol. The molecule has 2 atom stereocenters. The van der Waals surface area contributed by atoms with Crippen molar-refractivity contribution in [3.8, 4) is 17.1 Å². The third-order valence-corrected chi connectivity index (χ3v) is 7.53. The van der Waals surface area contributed by atoms with Crippen LogP contribution in [0.15, 0.2) is 12.3 Å². The molecule has 0 bridgehead atoms. The van der Waals surface area contributed by atoms with Gasteiger partial charge in [-0.25, -0.2) is 4.98 Å². The molecule has 142 valence electrons. The molecule has 2 aromatic rings. The third-order valence-electron chi connectivity index (χ3n) is 7.21. The van der Waals surface area contributed by atoms with Gasteiger partial charge in [0.05, 0.1) is 22.9 Å². The normalized spacial score (nSPS) is 29.7. The van der Waals surface area contributed by atoms with Crippen LogP contribution in [-0.2, 0) is 6.42 Å². The first kappa shape index (κ1) is 16.3. The average Bonchev–Trinajstić information content (AvgIpc) is 3.01. The number of hydrogen-bond donors (Lipinski definition) is 2. The highest BCUT2D eigenvalue weighted by atomic mass is 35.5. The number of fused-ring (bicyclic) bond motifs is 2. The lowest BCUT2D eigenvalue weighted by Crippen LogP contribution is -2.40. The van der Waals surface area contributed by atoms with Crippen LogP contribution in [0.4, 0.5) is 5.69 Å². The summed E-state index contributed by atoms with van der Waals surface area (Å²) < 4.78 is 5.96. The Hall–Kier alpha value is -1.72. The van der Waals surface area contributed by atoms with Crippen LogP contribution in [0.2, 0.25) is 5.02 Å². The number of piperidine rings is 1. The summed E-state index contributed by atoms with van der Waals surface area (Å²) in [7, 11) is 0. The predicted octanol–water partition coefficient (Wildman–Crippen LogP) is 3.84. The summed E-state index contributed by atoms with van der Waals surface area (Å²) in [5.74, 6) is 3.96. The Kier molecular flexibility index (Phi) is 3.54. The maximum absolute atomic E-state index is 6.40. The van der Waals surface area contributed by atoms with E-state index in [4.69, 9.17) is 22.1 Å². The van der Waals surface area contributed by atoms with Crippen molar-refractivity contribution in [2.45, 2.75) is 44.1 Å². The van der Waals surface area contributed by atoms with Crippen LogP contribution in [0.3, 0.4) is 0 Å². The minimum atomic E-state index is 0.589. The van der Waals surface area contributed by atoms with Gasteiger partial charge in [-0.15, -0.1) is 0 Å². The first-order valence-electron chi connectivity index (χ1n) is 10.2. The van der Waals surface area contributed by atoms with Crippen molar-refractivity contribution in [1.82, 2.24) is 14.9 Å². The van der Waals surface area contributed by atoms with Crippen molar-refractivity contribution < 1.29 is 4.74 Å². The fraction of sp³-hybridized carbons (Fsp3) is 0.571. The van der Waals surface area contributed by atoms with Gasteiger partial charge in [-0.05, 0) is 43.6 Å². The van der Waals surface area contributed by atoms with Crippen LogP contribution in [0.1, 0.15) is 42.9 Å². The number of nitrogens with one attached hydrogen (secondary N) is 1. The molecule has 2 aliphatic carbocycles. The largest absolute Gasteiger partial charge is 0.492 e. The molecule has 1 aromatic carbocycles. The lowest BCUT2D eigenvalue weighted by atomic mass is 9.91. The summed E-state index contributed by atoms with van der Waals surface area (Å²) in [6.07, 6.45) is 8.13. The number of H-pyrrole nitrogens is 1. The second-order valence-corrected chi connectivity index (χ2v) is 9.07. The average molecular weight is 385 g/mol. The van der Waals surface area contributed by atoms with Gasteiger partial charge in [0.1, 0.15) is 11.6 Å². The summed E-state index contributed by atoms with van der Waals surface area (Å²) in [6, 6.07) is 2.77. The number of nitrogens with two attached hydrogens (primary N) is 1. The SMILES string of the molecule is Nc1c(Cl)cc(-c2ncc(C3C4CN(C5CCC5)CC43)[nH]2)c2c1CCCO2. The molecule has 2 saturated carbocycles. The molecule has 0 radical (unpaired) electrons. The molecule has 0 spiro atoms. The minimum absolute atomic E-state index is 0.589. The van der Waals surface area contributed by atoms with E-state index in [1.165, 1.54) is 38.0 Å². The first-order valence-corrected chi connectivity index (χ1v) is 10.6. The van der Waals surface area contributed by atoms with E-state index in [1.54, 1.807) is 0 Å². The number of nitrogen functional groups attached to an aromatic ring is 1. The number of hydrogen-bond acceptors (Lipinski definition) is 4. The zero-order valence-electron chi connectivity index (χ0n) is 15.4. The van der Waals surface area contributed by atoms with Crippen LogP contribution < -0.4 is 10.5 Å². The maximum atomic E-state index is 6.40. The zero-order chi connectivity index (χ0) is 18.1. The Labute approximate surface area is 164 Å². The smallest absolute Gasteiger partial charge is 0.141 e. The molecule has 6 heteroatoms. The third kappa shape index (κ3) is 2.44.